The van der Waals surface area contributed by atoms with Crippen LogP contribution in [0.4, 0.5) is 0 Å². The van der Waals surface area contributed by atoms with Crippen LogP contribution in [0.5, 0.6) is 0 Å². The van der Waals surface area contributed by atoms with Gasteiger partial charge < -0.3 is 5.73 Å². The fourth-order valence-corrected chi connectivity index (χ4v) is 6.47. The topological polar surface area (TPSA) is 76.3 Å². The summed E-state index contributed by atoms with van der Waals surface area (Å²) in [5, 5.41) is 2.94. The number of halogens is 1. The van der Waals surface area contributed by atoms with Gasteiger partial charge in [0.1, 0.15) is 4.21 Å². The minimum atomic E-state index is -3.44. The van der Waals surface area contributed by atoms with Crippen molar-refractivity contribution < 1.29 is 8.42 Å². The molecular formula is C15H22ClN3O2S3. The first kappa shape index (κ1) is 19.8. The third kappa shape index (κ3) is 4.00. The Balaban J connectivity index is 0.00000208. The van der Waals surface area contributed by atoms with Crippen LogP contribution >= 0.6 is 35.1 Å². The van der Waals surface area contributed by atoms with E-state index in [1.54, 1.807) is 21.7 Å². The zero-order valence-electron chi connectivity index (χ0n) is 13.6. The maximum atomic E-state index is 12.9. The van der Waals surface area contributed by atoms with Gasteiger partial charge in [0.2, 0.25) is 0 Å². The van der Waals surface area contributed by atoms with E-state index >= 15 is 0 Å². The number of aryl methyl sites for hydroxylation is 1. The maximum absolute atomic E-state index is 12.9. The lowest BCUT2D eigenvalue weighted by Gasteiger charge is -2.33. The molecule has 2 aromatic rings. The van der Waals surface area contributed by atoms with Gasteiger partial charge >= 0.3 is 0 Å². The number of nitrogens with zero attached hydrogens (tertiary/aromatic N) is 2. The van der Waals surface area contributed by atoms with E-state index in [-0.39, 0.29) is 24.4 Å². The molecule has 5 nitrogen and oxygen atoms in total. The summed E-state index contributed by atoms with van der Waals surface area (Å²) in [5.41, 5.74) is 6.82. The van der Waals surface area contributed by atoms with E-state index in [9.17, 15) is 8.42 Å². The average molecular weight is 408 g/mol. The van der Waals surface area contributed by atoms with Crippen LogP contribution in [0, 0.1) is 12.8 Å². The highest BCUT2D eigenvalue weighted by molar-refractivity contribution is 7.91. The lowest BCUT2D eigenvalue weighted by Crippen LogP contribution is -2.44. The Labute approximate surface area is 157 Å². The molecule has 1 aliphatic rings. The van der Waals surface area contributed by atoms with Gasteiger partial charge in [0.15, 0.2) is 0 Å². The van der Waals surface area contributed by atoms with Gasteiger partial charge in [-0.1, -0.05) is 0 Å². The summed E-state index contributed by atoms with van der Waals surface area (Å²) in [6.07, 6.45) is 1.87. The van der Waals surface area contributed by atoms with E-state index in [1.165, 1.54) is 11.3 Å². The Bertz CT molecular complexity index is 785. The van der Waals surface area contributed by atoms with Crippen LogP contribution in [-0.2, 0) is 10.0 Å². The summed E-state index contributed by atoms with van der Waals surface area (Å²) in [4.78, 5) is 5.32. The molecule has 0 radical (unpaired) electrons. The fraction of sp³-hybridized carbons (Fsp3) is 0.533. The van der Waals surface area contributed by atoms with Crippen molar-refractivity contribution in [1.82, 2.24) is 9.29 Å². The predicted octanol–water partition coefficient (Wildman–Crippen LogP) is 3.35. The predicted molar refractivity (Wildman–Crippen MR) is 103 cm³/mol. The van der Waals surface area contributed by atoms with Gasteiger partial charge in [0, 0.05) is 24.5 Å². The molecule has 2 unspecified atom stereocenters. The molecule has 3 heterocycles. The molecule has 9 heteroatoms. The Hall–Kier alpha value is -0.510. The van der Waals surface area contributed by atoms with Gasteiger partial charge in [-0.2, -0.15) is 4.31 Å². The monoisotopic (exact) mass is 407 g/mol. The third-order valence-corrected chi connectivity index (χ3v) is 8.42. The van der Waals surface area contributed by atoms with Crippen LogP contribution in [0.3, 0.4) is 0 Å². The highest BCUT2D eigenvalue weighted by Crippen LogP contribution is 2.34. The number of hydrogen-bond acceptors (Lipinski definition) is 6. The summed E-state index contributed by atoms with van der Waals surface area (Å²) < 4.78 is 27.7. The van der Waals surface area contributed by atoms with E-state index in [0.717, 1.165) is 28.4 Å². The number of hydrogen-bond donors (Lipinski definition) is 1. The molecule has 1 fully saturated rings. The Morgan fingerprint density at radius 2 is 2.17 bits per heavy atom. The minimum absolute atomic E-state index is 0. The van der Waals surface area contributed by atoms with E-state index in [2.05, 4.69) is 4.98 Å². The van der Waals surface area contributed by atoms with Crippen molar-refractivity contribution in [2.45, 2.75) is 36.9 Å². The number of nitrogens with two attached hydrogens (primary N) is 1. The van der Waals surface area contributed by atoms with Gasteiger partial charge in [0.25, 0.3) is 10.0 Å². The van der Waals surface area contributed by atoms with Crippen LogP contribution in [0.1, 0.15) is 24.8 Å². The zero-order valence-corrected chi connectivity index (χ0v) is 16.9. The Morgan fingerprint density at radius 1 is 1.42 bits per heavy atom. The van der Waals surface area contributed by atoms with Crippen molar-refractivity contribution in [2.75, 3.05) is 13.1 Å². The van der Waals surface area contributed by atoms with Gasteiger partial charge in [0.05, 0.1) is 15.6 Å². The van der Waals surface area contributed by atoms with E-state index in [4.69, 9.17) is 5.73 Å². The molecule has 0 amide bonds. The number of sulfonamides is 1. The largest absolute Gasteiger partial charge is 0.328 e. The molecule has 0 bridgehead atoms. The minimum Gasteiger partial charge on any atom is -0.328 e. The first-order valence-electron chi connectivity index (χ1n) is 7.66. The molecule has 1 aliphatic heterocycles. The molecule has 1 saturated heterocycles. The highest BCUT2D eigenvalue weighted by Gasteiger charge is 2.32. The van der Waals surface area contributed by atoms with Gasteiger partial charge in [-0.15, -0.1) is 35.1 Å². The van der Waals surface area contributed by atoms with Crippen molar-refractivity contribution in [2.24, 2.45) is 11.7 Å². The SMILES string of the molecule is Cc1nc(-c2ccc(S(=O)(=O)N3CCCC(C(C)N)C3)s2)cs1.Cl. The molecule has 134 valence electrons. The van der Waals surface area contributed by atoms with Crippen molar-refractivity contribution >= 4 is 45.1 Å². The molecule has 0 aromatic carbocycles. The molecule has 2 N–H and O–H groups in total. The number of rotatable bonds is 4. The molecule has 2 atom stereocenters. The van der Waals surface area contributed by atoms with Gasteiger partial charge in [-0.05, 0) is 44.7 Å². The van der Waals surface area contributed by atoms with Crippen molar-refractivity contribution in [3.8, 4) is 10.6 Å². The van der Waals surface area contributed by atoms with Crippen LogP contribution in [0.25, 0.3) is 10.6 Å². The Morgan fingerprint density at radius 3 is 2.79 bits per heavy atom. The van der Waals surface area contributed by atoms with E-state index in [0.29, 0.717) is 17.3 Å². The number of thiophene rings is 1. The standard InChI is InChI=1S/C15H21N3O2S3.ClH/c1-10(16)12-4-3-7-18(8-12)23(19,20)15-6-5-14(22-15)13-9-21-11(2)17-13;/h5-6,9-10,12H,3-4,7-8,16H2,1-2H3;1H. The lowest BCUT2D eigenvalue weighted by molar-refractivity contribution is 0.243. The van der Waals surface area contributed by atoms with Crippen molar-refractivity contribution in [3.05, 3.63) is 22.5 Å². The lowest BCUT2D eigenvalue weighted by atomic mass is 9.93. The summed E-state index contributed by atoms with van der Waals surface area (Å²) in [6, 6.07) is 3.56. The molecule has 0 aliphatic carbocycles. The third-order valence-electron chi connectivity index (χ3n) is 4.21. The highest BCUT2D eigenvalue weighted by atomic mass is 35.5. The smallest absolute Gasteiger partial charge is 0.252 e. The Kier molecular flexibility index (Phi) is 6.44. The van der Waals surface area contributed by atoms with Gasteiger partial charge in [-0.3, -0.25) is 0 Å². The number of thiazole rings is 1. The molecular weight excluding hydrogens is 386 g/mol. The number of aromatic nitrogens is 1. The first-order chi connectivity index (χ1) is 10.9. The summed E-state index contributed by atoms with van der Waals surface area (Å²) in [7, 11) is -3.44. The van der Waals surface area contributed by atoms with Crippen LogP contribution < -0.4 is 5.73 Å². The summed E-state index contributed by atoms with van der Waals surface area (Å²) in [5.74, 6) is 0.235. The second-order valence-corrected chi connectivity index (χ2v) is 10.3. The summed E-state index contributed by atoms with van der Waals surface area (Å²) in [6.45, 7) is 4.99. The van der Waals surface area contributed by atoms with Gasteiger partial charge in [-0.25, -0.2) is 13.4 Å². The molecule has 0 saturated carbocycles. The quantitative estimate of drug-likeness (QED) is 0.843. The average Bonchev–Trinajstić information content (AvgIpc) is 3.16. The van der Waals surface area contributed by atoms with Crippen LogP contribution in [-0.4, -0.2) is 36.8 Å². The zero-order chi connectivity index (χ0) is 16.6. The molecule has 24 heavy (non-hydrogen) atoms. The summed E-state index contributed by atoms with van der Waals surface area (Å²) >= 11 is 2.86. The van der Waals surface area contributed by atoms with E-state index in [1.807, 2.05) is 25.3 Å². The maximum Gasteiger partial charge on any atom is 0.252 e. The van der Waals surface area contributed by atoms with Crippen molar-refractivity contribution in [1.29, 1.82) is 0 Å². The normalized spacial score (nSPS) is 20.5. The molecule has 0 spiro atoms. The van der Waals surface area contributed by atoms with E-state index < -0.39 is 10.0 Å². The second kappa shape index (κ2) is 7.80. The second-order valence-electron chi connectivity index (χ2n) is 5.99. The molecule has 3 rings (SSSR count). The van der Waals surface area contributed by atoms with Crippen molar-refractivity contribution in [3.63, 3.8) is 0 Å². The molecule has 2 aromatic heterocycles. The van der Waals surface area contributed by atoms with Crippen LogP contribution in [0.15, 0.2) is 21.7 Å². The fourth-order valence-electron chi connectivity index (χ4n) is 2.82. The first-order valence-corrected chi connectivity index (χ1v) is 10.8. The number of piperidine rings is 1. The van der Waals surface area contributed by atoms with Crippen LogP contribution in [0.2, 0.25) is 0 Å².